The smallest absolute Gasteiger partial charge is 0.226 e. The van der Waals surface area contributed by atoms with E-state index in [1.54, 1.807) is 17.6 Å². The lowest BCUT2D eigenvalue weighted by Gasteiger charge is -2.27. The third-order valence-corrected chi connectivity index (χ3v) is 4.54. The molecule has 1 amide bonds. The van der Waals surface area contributed by atoms with E-state index in [1.807, 2.05) is 22.4 Å². The highest BCUT2D eigenvalue weighted by Gasteiger charge is 2.25. The van der Waals surface area contributed by atoms with Gasteiger partial charge in [0.1, 0.15) is 5.76 Å². The Bertz CT molecular complexity index is 550. The molecule has 0 saturated carbocycles. The second-order valence-corrected chi connectivity index (χ2v) is 6.17. The lowest BCUT2D eigenvalue weighted by molar-refractivity contribution is -0.137. The Morgan fingerprint density at radius 3 is 2.95 bits per heavy atom. The van der Waals surface area contributed by atoms with Crippen molar-refractivity contribution in [2.45, 2.75) is 32.4 Å². The van der Waals surface area contributed by atoms with Crippen molar-refractivity contribution >= 4 is 17.2 Å². The van der Waals surface area contributed by atoms with Crippen LogP contribution in [-0.4, -0.2) is 10.8 Å². The first-order valence-electron chi connectivity index (χ1n) is 7.30. The summed E-state index contributed by atoms with van der Waals surface area (Å²) in [6, 6.07) is 5.87. The number of carbonyl (C=O) groups is 1. The molecule has 0 saturated heterocycles. The molecule has 1 atom stereocenters. The number of thiophene rings is 1. The normalized spacial score (nSPS) is 17.8. The molecule has 21 heavy (non-hydrogen) atoms. The van der Waals surface area contributed by atoms with E-state index in [4.69, 9.17) is 4.42 Å². The number of allylic oxidation sites excluding steroid dienone is 2. The molecule has 0 spiro atoms. The summed E-state index contributed by atoms with van der Waals surface area (Å²) in [5.41, 5.74) is 1.19. The first-order valence-corrected chi connectivity index (χ1v) is 8.24. The fraction of sp³-hybridized carbons (Fsp3) is 0.353. The van der Waals surface area contributed by atoms with Gasteiger partial charge in [-0.3, -0.25) is 4.79 Å². The van der Waals surface area contributed by atoms with Crippen molar-refractivity contribution in [3.8, 4) is 0 Å². The second kappa shape index (κ2) is 6.76. The third kappa shape index (κ3) is 3.64. The van der Waals surface area contributed by atoms with Crippen molar-refractivity contribution in [1.29, 1.82) is 0 Å². The van der Waals surface area contributed by atoms with Gasteiger partial charge in [-0.25, -0.2) is 0 Å². The summed E-state index contributed by atoms with van der Waals surface area (Å²) in [5, 5.41) is 4.15. The van der Waals surface area contributed by atoms with Crippen LogP contribution in [0.3, 0.4) is 0 Å². The van der Waals surface area contributed by atoms with Crippen LogP contribution in [0.25, 0.3) is 0 Å². The maximum Gasteiger partial charge on any atom is 0.226 e. The minimum absolute atomic E-state index is 0.114. The van der Waals surface area contributed by atoms with Crippen molar-refractivity contribution in [1.82, 2.24) is 4.90 Å². The molecule has 2 aromatic heterocycles. The molecule has 1 aliphatic carbocycles. The highest BCUT2D eigenvalue weighted by Crippen LogP contribution is 2.23. The van der Waals surface area contributed by atoms with Crippen LogP contribution in [0.1, 0.15) is 30.6 Å². The number of hydrogen-bond acceptors (Lipinski definition) is 3. The van der Waals surface area contributed by atoms with Gasteiger partial charge in [-0.1, -0.05) is 12.2 Å². The molecule has 110 valence electrons. The quantitative estimate of drug-likeness (QED) is 0.774. The van der Waals surface area contributed by atoms with Gasteiger partial charge in [-0.05, 0) is 53.8 Å². The van der Waals surface area contributed by atoms with Gasteiger partial charge in [-0.2, -0.15) is 11.3 Å². The number of nitrogens with zero attached hydrogens (tertiary/aromatic N) is 1. The fourth-order valence-electron chi connectivity index (χ4n) is 2.68. The van der Waals surface area contributed by atoms with Crippen molar-refractivity contribution in [3.05, 3.63) is 58.7 Å². The van der Waals surface area contributed by atoms with Gasteiger partial charge in [-0.15, -0.1) is 0 Å². The molecule has 2 heterocycles. The van der Waals surface area contributed by atoms with Crippen LogP contribution in [0.5, 0.6) is 0 Å². The minimum Gasteiger partial charge on any atom is -0.467 e. The van der Waals surface area contributed by atoms with Crippen LogP contribution in [0.4, 0.5) is 0 Å². The molecule has 0 N–H and O–H groups in total. The maximum absolute atomic E-state index is 12.8. The van der Waals surface area contributed by atoms with Crippen LogP contribution < -0.4 is 0 Å². The molecule has 3 nitrogen and oxygen atoms in total. The predicted octanol–water partition coefficient (Wildman–Crippen LogP) is 4.23. The number of carbonyl (C=O) groups excluding carboxylic acids is 1. The Morgan fingerprint density at radius 1 is 1.33 bits per heavy atom. The van der Waals surface area contributed by atoms with Gasteiger partial charge in [0.05, 0.1) is 12.8 Å². The zero-order valence-electron chi connectivity index (χ0n) is 11.9. The van der Waals surface area contributed by atoms with E-state index in [0.29, 0.717) is 13.1 Å². The number of amides is 1. The Labute approximate surface area is 128 Å². The van der Waals surface area contributed by atoms with E-state index in [1.165, 1.54) is 5.56 Å². The average molecular weight is 301 g/mol. The summed E-state index contributed by atoms with van der Waals surface area (Å²) in [4.78, 5) is 14.7. The Hall–Kier alpha value is -1.81. The zero-order valence-corrected chi connectivity index (χ0v) is 12.7. The van der Waals surface area contributed by atoms with Gasteiger partial charge in [0.2, 0.25) is 5.91 Å². The Balaban J connectivity index is 1.73. The Kier molecular flexibility index (Phi) is 4.55. The summed E-state index contributed by atoms with van der Waals surface area (Å²) in [5.74, 6) is 1.19. The number of hydrogen-bond donors (Lipinski definition) is 0. The molecular weight excluding hydrogens is 282 g/mol. The van der Waals surface area contributed by atoms with E-state index in [9.17, 15) is 4.79 Å². The molecule has 0 bridgehead atoms. The van der Waals surface area contributed by atoms with Crippen LogP contribution in [0.15, 0.2) is 51.8 Å². The summed E-state index contributed by atoms with van der Waals surface area (Å²) in [6.07, 6.45) is 8.77. The van der Waals surface area contributed by atoms with Gasteiger partial charge in [0, 0.05) is 12.5 Å². The summed E-state index contributed by atoms with van der Waals surface area (Å²) < 4.78 is 5.42. The molecular formula is C17H19NO2S. The van der Waals surface area contributed by atoms with Crippen LogP contribution in [-0.2, 0) is 17.9 Å². The van der Waals surface area contributed by atoms with Crippen molar-refractivity contribution < 1.29 is 9.21 Å². The van der Waals surface area contributed by atoms with E-state index < -0.39 is 0 Å². The zero-order chi connectivity index (χ0) is 14.5. The highest BCUT2D eigenvalue weighted by molar-refractivity contribution is 7.07. The molecule has 1 aliphatic rings. The summed E-state index contributed by atoms with van der Waals surface area (Å²) in [7, 11) is 0. The first-order chi connectivity index (χ1) is 10.3. The monoisotopic (exact) mass is 301 g/mol. The summed E-state index contributed by atoms with van der Waals surface area (Å²) in [6.45, 7) is 1.20. The highest BCUT2D eigenvalue weighted by atomic mass is 32.1. The largest absolute Gasteiger partial charge is 0.467 e. The van der Waals surface area contributed by atoms with Gasteiger partial charge in [0.15, 0.2) is 0 Å². The lowest BCUT2D eigenvalue weighted by atomic mass is 9.93. The topological polar surface area (TPSA) is 33.5 Å². The van der Waals surface area contributed by atoms with Crippen LogP contribution in [0.2, 0.25) is 0 Å². The van der Waals surface area contributed by atoms with Crippen molar-refractivity contribution in [2.75, 3.05) is 0 Å². The number of furan rings is 1. The van der Waals surface area contributed by atoms with Crippen molar-refractivity contribution in [2.24, 2.45) is 5.92 Å². The van der Waals surface area contributed by atoms with Gasteiger partial charge < -0.3 is 9.32 Å². The molecule has 4 heteroatoms. The van der Waals surface area contributed by atoms with E-state index in [2.05, 4.69) is 23.6 Å². The average Bonchev–Trinajstić information content (AvgIpc) is 3.20. The van der Waals surface area contributed by atoms with Crippen LogP contribution >= 0.6 is 11.3 Å². The lowest BCUT2D eigenvalue weighted by Crippen LogP contribution is -2.35. The first kappa shape index (κ1) is 14.1. The number of rotatable bonds is 5. The van der Waals surface area contributed by atoms with Crippen molar-refractivity contribution in [3.63, 3.8) is 0 Å². The third-order valence-electron chi connectivity index (χ3n) is 3.81. The molecule has 2 aromatic rings. The Morgan fingerprint density at radius 2 is 2.29 bits per heavy atom. The van der Waals surface area contributed by atoms with Crippen LogP contribution in [0, 0.1) is 5.92 Å². The predicted molar refractivity (Wildman–Crippen MR) is 83.8 cm³/mol. The molecule has 0 radical (unpaired) electrons. The molecule has 0 fully saturated rings. The minimum atomic E-state index is 0.114. The molecule has 1 unspecified atom stereocenters. The molecule has 3 rings (SSSR count). The maximum atomic E-state index is 12.8. The van der Waals surface area contributed by atoms with E-state index in [0.717, 1.165) is 25.0 Å². The molecule has 0 aliphatic heterocycles. The van der Waals surface area contributed by atoms with Gasteiger partial charge >= 0.3 is 0 Å². The SMILES string of the molecule is O=C(C1CC=CCC1)N(Cc1ccsc1)Cc1ccco1. The standard InChI is InChI=1S/C17H19NO2S/c19-17(15-5-2-1-3-6-15)18(11-14-8-10-21-13-14)12-16-7-4-9-20-16/h1-2,4,7-10,13,15H,3,5-6,11-12H2. The fourth-order valence-corrected chi connectivity index (χ4v) is 3.34. The molecule has 0 aromatic carbocycles. The van der Waals surface area contributed by atoms with E-state index in [-0.39, 0.29) is 11.8 Å². The van der Waals surface area contributed by atoms with Gasteiger partial charge in [0.25, 0.3) is 0 Å². The van der Waals surface area contributed by atoms with E-state index >= 15 is 0 Å². The second-order valence-electron chi connectivity index (χ2n) is 5.39. The summed E-state index contributed by atoms with van der Waals surface area (Å²) >= 11 is 1.66.